The SMILES string of the molecule is Cc1c(N2C(=O)c3c(Br)c(Br)c(Br)c(Br)c3C2=O)c(=O)n(-c2ccccc2)n1C. The van der Waals surface area contributed by atoms with E-state index in [0.29, 0.717) is 29.3 Å². The lowest BCUT2D eigenvalue weighted by Gasteiger charge is -2.12. The van der Waals surface area contributed by atoms with Crippen molar-refractivity contribution in [3.05, 3.63) is 75.4 Å². The number of nitrogens with zero attached hydrogens (tertiary/aromatic N) is 3. The van der Waals surface area contributed by atoms with E-state index >= 15 is 0 Å². The summed E-state index contributed by atoms with van der Waals surface area (Å²) in [5.41, 5.74) is 1.12. The standard InChI is InChI=1S/C19H11Br4N3O3/c1-8-16(19(29)26(24(8)2)9-6-4-3-5-7-9)25-17(27)10-11(18(25)28)13(21)15(23)14(22)12(10)20/h3-7H,1-2H3. The Hall–Kier alpha value is -1.49. The molecule has 1 aliphatic heterocycles. The average molecular weight is 649 g/mol. The Kier molecular flexibility index (Phi) is 5.25. The lowest BCUT2D eigenvalue weighted by molar-refractivity contribution is 0.0925. The van der Waals surface area contributed by atoms with Crippen LogP contribution in [0.15, 0.2) is 53.0 Å². The summed E-state index contributed by atoms with van der Waals surface area (Å²) < 4.78 is 5.15. The predicted octanol–water partition coefficient (Wildman–Crippen LogP) is 5.34. The predicted molar refractivity (Wildman–Crippen MR) is 124 cm³/mol. The minimum atomic E-state index is -0.559. The highest BCUT2D eigenvalue weighted by Crippen LogP contribution is 2.46. The fourth-order valence-corrected chi connectivity index (χ4v) is 5.82. The average Bonchev–Trinajstić information content (AvgIpc) is 3.08. The fraction of sp³-hybridized carbons (Fsp3) is 0.105. The Labute approximate surface area is 199 Å². The molecule has 0 atom stereocenters. The van der Waals surface area contributed by atoms with Crippen LogP contribution in [0.25, 0.3) is 5.69 Å². The first-order valence-electron chi connectivity index (χ1n) is 8.27. The normalized spacial score (nSPS) is 13.4. The van der Waals surface area contributed by atoms with Crippen molar-refractivity contribution < 1.29 is 9.59 Å². The second kappa shape index (κ2) is 7.33. The number of carbonyl (C=O) groups excluding carboxylic acids is 2. The number of amides is 2. The molecular weight excluding hydrogens is 638 g/mol. The van der Waals surface area contributed by atoms with Gasteiger partial charge in [-0.15, -0.1) is 0 Å². The van der Waals surface area contributed by atoms with Gasteiger partial charge in [0.05, 0.1) is 22.5 Å². The van der Waals surface area contributed by atoms with Gasteiger partial charge in [0.25, 0.3) is 17.4 Å². The van der Waals surface area contributed by atoms with E-state index < -0.39 is 17.4 Å². The first kappa shape index (κ1) is 20.8. The summed E-state index contributed by atoms with van der Waals surface area (Å²) in [7, 11) is 1.71. The summed E-state index contributed by atoms with van der Waals surface area (Å²) >= 11 is 13.6. The topological polar surface area (TPSA) is 64.3 Å². The largest absolute Gasteiger partial charge is 0.296 e. The molecule has 0 unspecified atom stereocenters. The molecule has 0 fully saturated rings. The van der Waals surface area contributed by atoms with Gasteiger partial charge in [-0.25, -0.2) is 9.58 Å². The van der Waals surface area contributed by atoms with Gasteiger partial charge in [0.1, 0.15) is 5.69 Å². The van der Waals surface area contributed by atoms with Crippen LogP contribution in [0.5, 0.6) is 0 Å². The monoisotopic (exact) mass is 645 g/mol. The molecule has 2 aromatic carbocycles. The second-order valence-corrected chi connectivity index (χ2v) is 9.53. The molecule has 1 aromatic heterocycles. The van der Waals surface area contributed by atoms with Crippen molar-refractivity contribution in [2.45, 2.75) is 6.92 Å². The van der Waals surface area contributed by atoms with E-state index in [4.69, 9.17) is 0 Å². The molecular formula is C19H11Br4N3O3. The van der Waals surface area contributed by atoms with E-state index in [9.17, 15) is 14.4 Å². The lowest BCUT2D eigenvalue weighted by Crippen LogP contribution is -2.34. The number of hydrogen-bond acceptors (Lipinski definition) is 3. The van der Waals surface area contributed by atoms with Crippen molar-refractivity contribution in [3.8, 4) is 5.69 Å². The molecule has 0 spiro atoms. The Morgan fingerprint density at radius 2 is 1.24 bits per heavy atom. The number of halogens is 4. The molecule has 6 nitrogen and oxygen atoms in total. The molecule has 4 rings (SSSR count). The molecule has 0 bridgehead atoms. The lowest BCUT2D eigenvalue weighted by atomic mass is 10.1. The van der Waals surface area contributed by atoms with Gasteiger partial charge in [0.2, 0.25) is 0 Å². The molecule has 0 saturated heterocycles. The minimum absolute atomic E-state index is 0.0357. The molecule has 3 aromatic rings. The number of aromatic nitrogens is 2. The van der Waals surface area contributed by atoms with Crippen molar-refractivity contribution in [1.29, 1.82) is 0 Å². The van der Waals surface area contributed by atoms with E-state index in [2.05, 4.69) is 63.7 Å². The maximum absolute atomic E-state index is 13.3. The van der Waals surface area contributed by atoms with Crippen LogP contribution in [0, 0.1) is 6.92 Å². The van der Waals surface area contributed by atoms with Gasteiger partial charge < -0.3 is 0 Å². The van der Waals surface area contributed by atoms with Gasteiger partial charge in [-0.05, 0) is 82.8 Å². The van der Waals surface area contributed by atoms with Crippen LogP contribution in [-0.4, -0.2) is 21.2 Å². The smallest absolute Gasteiger partial charge is 0.283 e. The van der Waals surface area contributed by atoms with Gasteiger partial charge in [0, 0.05) is 24.9 Å². The summed E-state index contributed by atoms with van der Waals surface area (Å²) in [4.78, 5) is 40.8. The Morgan fingerprint density at radius 3 is 1.72 bits per heavy atom. The number of rotatable bonds is 2. The third-order valence-electron chi connectivity index (χ3n) is 4.85. The van der Waals surface area contributed by atoms with Crippen LogP contribution in [0.2, 0.25) is 0 Å². The number of para-hydroxylation sites is 1. The number of imide groups is 1. The summed E-state index contributed by atoms with van der Waals surface area (Å²) in [6.45, 7) is 1.70. The molecule has 0 aliphatic carbocycles. The molecule has 10 heteroatoms. The van der Waals surface area contributed by atoms with E-state index in [1.807, 2.05) is 18.2 Å². The van der Waals surface area contributed by atoms with E-state index in [-0.39, 0.29) is 16.8 Å². The van der Waals surface area contributed by atoms with Crippen molar-refractivity contribution in [2.75, 3.05) is 4.90 Å². The van der Waals surface area contributed by atoms with Crippen molar-refractivity contribution >= 4 is 81.2 Å². The second-order valence-electron chi connectivity index (χ2n) is 6.36. The molecule has 0 radical (unpaired) electrons. The van der Waals surface area contributed by atoms with E-state index in [1.54, 1.807) is 30.8 Å². The quantitative estimate of drug-likeness (QED) is 0.214. The summed E-state index contributed by atoms with van der Waals surface area (Å²) in [6.07, 6.45) is 0. The Morgan fingerprint density at radius 1 is 0.759 bits per heavy atom. The van der Waals surface area contributed by atoms with Crippen molar-refractivity contribution in [3.63, 3.8) is 0 Å². The van der Waals surface area contributed by atoms with Crippen molar-refractivity contribution in [2.24, 2.45) is 7.05 Å². The summed E-state index contributed by atoms with van der Waals surface area (Å²) in [6, 6.07) is 9.05. The molecule has 2 amide bonds. The number of fused-ring (bicyclic) bond motifs is 1. The van der Waals surface area contributed by atoms with Gasteiger partial charge in [-0.2, -0.15) is 0 Å². The molecule has 0 N–H and O–H groups in total. The first-order valence-corrected chi connectivity index (χ1v) is 11.4. The van der Waals surface area contributed by atoms with Crippen molar-refractivity contribution in [1.82, 2.24) is 9.36 Å². The highest BCUT2D eigenvalue weighted by molar-refractivity contribution is 9.15. The zero-order valence-corrected chi connectivity index (χ0v) is 21.3. The van der Waals surface area contributed by atoms with Crippen LogP contribution < -0.4 is 10.5 Å². The molecule has 29 heavy (non-hydrogen) atoms. The zero-order chi connectivity index (χ0) is 21.2. The third-order valence-corrected chi connectivity index (χ3v) is 9.62. The van der Waals surface area contributed by atoms with Crippen LogP contribution in [-0.2, 0) is 7.05 Å². The minimum Gasteiger partial charge on any atom is -0.283 e. The highest BCUT2D eigenvalue weighted by atomic mass is 79.9. The van der Waals surface area contributed by atoms with E-state index in [0.717, 1.165) is 4.90 Å². The number of carbonyl (C=O) groups is 2. The number of hydrogen-bond donors (Lipinski definition) is 0. The van der Waals surface area contributed by atoms with Gasteiger partial charge in [-0.1, -0.05) is 18.2 Å². The molecule has 0 saturated carbocycles. The van der Waals surface area contributed by atoms with Crippen LogP contribution in [0.4, 0.5) is 5.69 Å². The summed E-state index contributed by atoms with van der Waals surface area (Å²) in [5.74, 6) is -1.12. The first-order chi connectivity index (χ1) is 13.7. The Bertz CT molecular complexity index is 1230. The fourth-order valence-electron chi connectivity index (χ4n) is 3.36. The van der Waals surface area contributed by atoms with E-state index in [1.165, 1.54) is 4.68 Å². The maximum atomic E-state index is 13.3. The third kappa shape index (κ3) is 2.87. The van der Waals surface area contributed by atoms with Gasteiger partial charge in [-0.3, -0.25) is 19.1 Å². The number of anilines is 1. The van der Waals surface area contributed by atoms with Gasteiger partial charge in [0.15, 0.2) is 0 Å². The van der Waals surface area contributed by atoms with Crippen LogP contribution >= 0.6 is 63.7 Å². The summed E-state index contributed by atoms with van der Waals surface area (Å²) in [5, 5.41) is 0. The van der Waals surface area contributed by atoms with Crippen LogP contribution in [0.1, 0.15) is 26.4 Å². The maximum Gasteiger partial charge on any atom is 0.296 e. The molecule has 1 aliphatic rings. The number of benzene rings is 2. The molecule has 2 heterocycles. The van der Waals surface area contributed by atoms with Gasteiger partial charge >= 0.3 is 0 Å². The van der Waals surface area contributed by atoms with Crippen LogP contribution in [0.3, 0.4) is 0 Å². The molecule has 148 valence electrons. The Balaban J connectivity index is 1.98. The highest BCUT2D eigenvalue weighted by Gasteiger charge is 2.44. The zero-order valence-electron chi connectivity index (χ0n) is 15.0.